The molecule has 0 spiro atoms. The van der Waals surface area contributed by atoms with Gasteiger partial charge in [-0.2, -0.15) is 10.2 Å². The molecule has 74 heavy (non-hydrogen) atoms. The smallest absolute Gasteiger partial charge is 0.258 e. The first-order valence-electron chi connectivity index (χ1n) is 26.0. The average Bonchev–Trinajstić information content (AvgIpc) is 3.79. The number of rotatable bonds is 29. The van der Waals surface area contributed by atoms with E-state index >= 15 is 0 Å². The van der Waals surface area contributed by atoms with Crippen molar-refractivity contribution in [3.63, 3.8) is 0 Å². The van der Waals surface area contributed by atoms with Crippen LogP contribution in [-0.4, -0.2) is 89.3 Å². The molecule has 0 aliphatic carbocycles. The van der Waals surface area contributed by atoms with Crippen LogP contribution in [0.5, 0.6) is 0 Å². The molecule has 3 N–H and O–H groups in total. The van der Waals surface area contributed by atoms with Crippen molar-refractivity contribution in [3.05, 3.63) is 167 Å². The molecule has 0 fully saturated rings. The Bertz CT molecular complexity index is 2740. The number of benzene rings is 5. The highest BCUT2D eigenvalue weighted by Gasteiger charge is 2.27. The number of nitrogens with zero attached hydrogens (tertiary/aromatic N) is 4. The van der Waals surface area contributed by atoms with Crippen LogP contribution in [0.1, 0.15) is 132 Å². The van der Waals surface area contributed by atoms with E-state index in [1.807, 2.05) is 12.2 Å². The van der Waals surface area contributed by atoms with Gasteiger partial charge in [0.05, 0.1) is 51.4 Å². The van der Waals surface area contributed by atoms with Crippen molar-refractivity contribution in [2.24, 2.45) is 10.2 Å². The van der Waals surface area contributed by atoms with Crippen LogP contribution in [0, 0.1) is 0 Å². The molecule has 1 heterocycles. The molecule has 6 rings (SSSR count). The summed E-state index contributed by atoms with van der Waals surface area (Å²) in [6.07, 6.45) is 7.61. The zero-order chi connectivity index (χ0) is 53.3. The van der Waals surface area contributed by atoms with Crippen LogP contribution in [0.2, 0.25) is 0 Å². The Balaban J connectivity index is 1.13. The van der Waals surface area contributed by atoms with Crippen LogP contribution in [0.3, 0.4) is 0 Å². The molecule has 1 aliphatic rings. The molecule has 1 atom stereocenters. The minimum absolute atomic E-state index is 0.0941. The molecule has 0 radical (unpaired) electrons. The number of unbranched alkanes of at least 4 members (excludes halogenated alkanes) is 2. The van der Waals surface area contributed by atoms with Gasteiger partial charge in [-0.1, -0.05) is 79.9 Å². The fourth-order valence-corrected chi connectivity index (χ4v) is 9.58. The molecule has 0 saturated heterocycles. The zero-order valence-corrected chi connectivity index (χ0v) is 43.9. The van der Waals surface area contributed by atoms with Crippen molar-refractivity contribution < 1.29 is 37.7 Å². The first kappa shape index (κ1) is 55.8. The standard InChI is InChI=1S/C61H71N7O6/c1-8-44-20-24-46(25-21-44)41-67(10-3,11-4)34-16-14-18-56(70)50-36-51(57(71)19-15-17-35-68(12-5,13-6)42-47-26-22-45(9-2)23-27-47)38-54(37-50)63-60(73)48-28-31-52(32-29-48)65-66-59(43(7)69)61(74)62-53-33-30-49-39-58(72)64-55(49)40-53/h8-9,20-33,36-38,40,59H,1-2,10-19,34-35,39,41-42H2,3-7H3,(H-2,62,63,64,72,73,74)/p+2. The van der Waals surface area contributed by atoms with E-state index in [9.17, 15) is 28.8 Å². The number of nitrogens with one attached hydrogen (secondary N) is 3. The Morgan fingerprint density at radius 3 is 1.61 bits per heavy atom. The van der Waals surface area contributed by atoms with E-state index < -0.39 is 23.6 Å². The number of azo groups is 1. The SMILES string of the molecule is C=Cc1ccc(C[N+](CC)(CC)CCCCC(=O)c2cc(NC(=O)c3ccc(N=NC(C(C)=O)C(=O)Nc4ccc5c(c4)NC(=O)C5)cc3)cc(C(=O)CCCC[N+](CC)(CC)Cc3ccc(C=C)cc3)c2)cc1. The molecule has 0 aromatic heterocycles. The summed E-state index contributed by atoms with van der Waals surface area (Å²) in [6.45, 7) is 25.4. The van der Waals surface area contributed by atoms with Gasteiger partial charge in [0, 0.05) is 57.7 Å². The molecular weight excluding hydrogens is 927 g/mol. The first-order valence-corrected chi connectivity index (χ1v) is 26.0. The second-order valence-electron chi connectivity index (χ2n) is 19.5. The number of Topliss-reactive ketones (excluding diaryl/α,β-unsaturated/α-hetero) is 3. The van der Waals surface area contributed by atoms with E-state index in [0.29, 0.717) is 59.6 Å². The lowest BCUT2D eigenvalue weighted by Gasteiger charge is -2.37. The van der Waals surface area contributed by atoms with Gasteiger partial charge in [0.15, 0.2) is 17.3 Å². The highest BCUT2D eigenvalue weighted by molar-refractivity contribution is 6.11. The third-order valence-corrected chi connectivity index (χ3v) is 14.6. The second-order valence-corrected chi connectivity index (χ2v) is 19.5. The lowest BCUT2D eigenvalue weighted by molar-refractivity contribution is -0.938. The van der Waals surface area contributed by atoms with E-state index in [-0.39, 0.29) is 29.5 Å². The third-order valence-electron chi connectivity index (χ3n) is 14.6. The Labute approximate surface area is 437 Å². The number of hydrogen-bond acceptors (Lipinski definition) is 8. The number of amides is 3. The number of carbonyl (C=O) groups is 6. The van der Waals surface area contributed by atoms with Crippen LogP contribution in [0.4, 0.5) is 22.7 Å². The van der Waals surface area contributed by atoms with Gasteiger partial charge < -0.3 is 24.9 Å². The second kappa shape index (κ2) is 26.5. The Hall–Kier alpha value is -7.48. The topological polar surface area (TPSA) is 163 Å². The van der Waals surface area contributed by atoms with Gasteiger partial charge in [0.2, 0.25) is 11.9 Å². The van der Waals surface area contributed by atoms with Gasteiger partial charge >= 0.3 is 0 Å². The molecule has 13 nitrogen and oxygen atoms in total. The molecular formula is C61H73N7O6+2. The lowest BCUT2D eigenvalue weighted by atomic mass is 9.97. The summed E-state index contributed by atoms with van der Waals surface area (Å²) in [7, 11) is 0. The summed E-state index contributed by atoms with van der Waals surface area (Å²) in [5.41, 5.74) is 8.16. The van der Waals surface area contributed by atoms with Crippen LogP contribution in [-0.2, 0) is 33.9 Å². The maximum absolute atomic E-state index is 14.0. The normalized spacial score (nSPS) is 12.7. The van der Waals surface area contributed by atoms with Gasteiger partial charge in [0.25, 0.3) is 11.8 Å². The zero-order valence-electron chi connectivity index (χ0n) is 43.9. The molecule has 5 aromatic carbocycles. The predicted octanol–water partition coefficient (Wildman–Crippen LogP) is 12.2. The van der Waals surface area contributed by atoms with Crippen molar-refractivity contribution >= 4 is 70.0 Å². The Morgan fingerprint density at radius 1 is 0.622 bits per heavy atom. The van der Waals surface area contributed by atoms with Crippen molar-refractivity contribution in [2.75, 3.05) is 55.2 Å². The monoisotopic (exact) mass is 1000 g/mol. The summed E-state index contributed by atoms with van der Waals surface area (Å²) in [4.78, 5) is 79.2. The van der Waals surface area contributed by atoms with Gasteiger partial charge in [-0.3, -0.25) is 28.8 Å². The van der Waals surface area contributed by atoms with Crippen LogP contribution < -0.4 is 16.0 Å². The van der Waals surface area contributed by atoms with Crippen molar-refractivity contribution in [1.82, 2.24) is 0 Å². The molecule has 386 valence electrons. The quantitative estimate of drug-likeness (QED) is 0.0142. The first-order chi connectivity index (χ1) is 35.6. The predicted molar refractivity (Wildman–Crippen MR) is 296 cm³/mol. The van der Waals surface area contributed by atoms with Crippen LogP contribution in [0.15, 0.2) is 133 Å². The van der Waals surface area contributed by atoms with E-state index in [1.54, 1.807) is 36.4 Å². The maximum atomic E-state index is 14.0. The molecule has 13 heteroatoms. The summed E-state index contributed by atoms with van der Waals surface area (Å²) in [5.74, 6) is -2.01. The molecule has 5 aromatic rings. The number of hydrogen-bond donors (Lipinski definition) is 3. The number of quaternary nitrogens is 2. The lowest BCUT2D eigenvalue weighted by Crippen LogP contribution is -2.47. The van der Waals surface area contributed by atoms with E-state index in [4.69, 9.17) is 0 Å². The van der Waals surface area contributed by atoms with Crippen LogP contribution in [0.25, 0.3) is 12.2 Å². The highest BCUT2D eigenvalue weighted by Crippen LogP contribution is 2.28. The van der Waals surface area contributed by atoms with Crippen LogP contribution >= 0.6 is 0 Å². The fraction of sp³-hybridized carbons (Fsp3) is 0.344. The number of anilines is 3. The van der Waals surface area contributed by atoms with Gasteiger partial charge in [0.1, 0.15) is 13.1 Å². The number of carbonyl (C=O) groups excluding carboxylic acids is 6. The van der Waals surface area contributed by atoms with Crippen molar-refractivity contribution in [3.8, 4) is 0 Å². The summed E-state index contributed by atoms with van der Waals surface area (Å²) in [6, 6.07) is 31.7. The summed E-state index contributed by atoms with van der Waals surface area (Å²) < 4.78 is 1.81. The fourth-order valence-electron chi connectivity index (χ4n) is 9.58. The Kier molecular flexibility index (Phi) is 20.0. The molecule has 1 aliphatic heterocycles. The number of ketones is 3. The van der Waals surface area contributed by atoms with Gasteiger partial charge in [-0.05, 0) is 132 Å². The Morgan fingerprint density at radius 2 is 1.14 bits per heavy atom. The van der Waals surface area contributed by atoms with Gasteiger partial charge in [-0.25, -0.2) is 0 Å². The van der Waals surface area contributed by atoms with E-state index in [2.05, 4.69) is 116 Å². The molecule has 3 amide bonds. The third kappa shape index (κ3) is 15.3. The highest BCUT2D eigenvalue weighted by atomic mass is 16.2. The van der Waals surface area contributed by atoms with Crippen molar-refractivity contribution in [2.45, 2.75) is 98.7 Å². The van der Waals surface area contributed by atoms with E-state index in [0.717, 1.165) is 90.9 Å². The number of fused-ring (bicyclic) bond motifs is 1. The molecule has 1 unspecified atom stereocenters. The minimum Gasteiger partial charge on any atom is -0.325 e. The van der Waals surface area contributed by atoms with Crippen molar-refractivity contribution in [1.29, 1.82) is 0 Å². The maximum Gasteiger partial charge on any atom is 0.258 e. The summed E-state index contributed by atoms with van der Waals surface area (Å²) in [5, 5.41) is 16.5. The van der Waals surface area contributed by atoms with E-state index in [1.165, 1.54) is 42.3 Å². The van der Waals surface area contributed by atoms with Gasteiger partial charge in [-0.15, -0.1) is 0 Å². The summed E-state index contributed by atoms with van der Waals surface area (Å²) >= 11 is 0. The average molecular weight is 1000 g/mol. The largest absolute Gasteiger partial charge is 0.325 e. The minimum atomic E-state index is -1.44. The molecule has 0 bridgehead atoms. The molecule has 0 saturated carbocycles.